The van der Waals surface area contributed by atoms with E-state index in [1.54, 1.807) is 28.7 Å². The van der Waals surface area contributed by atoms with E-state index in [1.807, 2.05) is 6.07 Å². The third-order valence-corrected chi connectivity index (χ3v) is 5.55. The molecule has 2 nitrogen and oxygen atoms in total. The van der Waals surface area contributed by atoms with Crippen LogP contribution < -0.4 is 5.73 Å². The number of halogens is 1. The van der Waals surface area contributed by atoms with Gasteiger partial charge in [-0.25, -0.2) is 4.39 Å². The lowest BCUT2D eigenvalue weighted by Gasteiger charge is -2.16. The Morgan fingerprint density at radius 3 is 2.76 bits per heavy atom. The summed E-state index contributed by atoms with van der Waals surface area (Å²) in [5.74, 6) is -0.150. The van der Waals surface area contributed by atoms with Crippen molar-refractivity contribution in [2.75, 3.05) is 7.05 Å². The summed E-state index contributed by atoms with van der Waals surface area (Å²) in [5.41, 5.74) is 6.88. The lowest BCUT2D eigenvalue weighted by Crippen LogP contribution is -2.17. The molecule has 3 rings (SSSR count). The van der Waals surface area contributed by atoms with Gasteiger partial charge in [0.25, 0.3) is 0 Å². The van der Waals surface area contributed by atoms with Crippen molar-refractivity contribution in [3.63, 3.8) is 0 Å². The Hall–Kier alpha value is -1.27. The predicted molar refractivity (Wildman–Crippen MR) is 89.2 cm³/mol. The van der Waals surface area contributed by atoms with Crippen LogP contribution in [-0.4, -0.2) is 11.9 Å². The van der Waals surface area contributed by atoms with E-state index >= 15 is 0 Å². The molecule has 0 unspecified atom stereocenters. The molecule has 1 aromatic carbocycles. The van der Waals surface area contributed by atoms with E-state index in [2.05, 4.69) is 29.5 Å². The molecule has 0 radical (unpaired) electrons. The zero-order valence-corrected chi connectivity index (χ0v) is 13.4. The molecule has 0 bridgehead atoms. The number of hydrogen-bond donors (Lipinski definition) is 1. The SMILES string of the molecule is CN(Cc1cccs1)Cc1c(CN)sc2cccc(F)c12. The summed E-state index contributed by atoms with van der Waals surface area (Å²) in [6, 6.07) is 9.42. The molecule has 0 aliphatic heterocycles. The van der Waals surface area contributed by atoms with Gasteiger partial charge in [-0.15, -0.1) is 22.7 Å². The minimum Gasteiger partial charge on any atom is -0.326 e. The summed E-state index contributed by atoms with van der Waals surface area (Å²) < 4.78 is 15.2. The van der Waals surface area contributed by atoms with Crippen LogP contribution in [0.4, 0.5) is 4.39 Å². The summed E-state index contributed by atoms with van der Waals surface area (Å²) in [7, 11) is 2.06. The fraction of sp³-hybridized carbons (Fsp3) is 0.250. The van der Waals surface area contributed by atoms with Gasteiger partial charge < -0.3 is 5.73 Å². The number of hydrogen-bond acceptors (Lipinski definition) is 4. The summed E-state index contributed by atoms with van der Waals surface area (Å²) in [6.45, 7) is 2.04. The predicted octanol–water partition coefficient (Wildman–Crippen LogP) is 4.19. The topological polar surface area (TPSA) is 29.3 Å². The third-order valence-electron chi connectivity index (χ3n) is 3.47. The molecule has 0 fully saturated rings. The molecule has 0 amide bonds. The minimum absolute atomic E-state index is 0.150. The van der Waals surface area contributed by atoms with Crippen LogP contribution in [0.2, 0.25) is 0 Å². The van der Waals surface area contributed by atoms with E-state index in [4.69, 9.17) is 5.73 Å². The van der Waals surface area contributed by atoms with Gasteiger partial charge in [-0.05, 0) is 36.2 Å². The molecular weight excluding hydrogens is 303 g/mol. The lowest BCUT2D eigenvalue weighted by molar-refractivity contribution is 0.322. The first-order chi connectivity index (χ1) is 10.2. The lowest BCUT2D eigenvalue weighted by atomic mass is 10.1. The van der Waals surface area contributed by atoms with Crippen molar-refractivity contribution in [2.24, 2.45) is 5.73 Å². The molecule has 2 aromatic heterocycles. The molecule has 0 spiro atoms. The highest BCUT2D eigenvalue weighted by atomic mass is 32.1. The van der Waals surface area contributed by atoms with E-state index in [-0.39, 0.29) is 5.82 Å². The monoisotopic (exact) mass is 320 g/mol. The van der Waals surface area contributed by atoms with Gasteiger partial charge in [-0.2, -0.15) is 0 Å². The van der Waals surface area contributed by atoms with Gasteiger partial charge >= 0.3 is 0 Å². The van der Waals surface area contributed by atoms with E-state index < -0.39 is 0 Å². The Kier molecular flexibility index (Phi) is 4.35. The molecule has 0 aliphatic rings. The first-order valence-electron chi connectivity index (χ1n) is 6.78. The van der Waals surface area contributed by atoms with Crippen LogP contribution in [0.15, 0.2) is 35.7 Å². The second-order valence-electron chi connectivity index (χ2n) is 5.07. The van der Waals surface area contributed by atoms with Crippen molar-refractivity contribution >= 4 is 32.8 Å². The molecule has 110 valence electrons. The molecule has 2 heterocycles. The summed E-state index contributed by atoms with van der Waals surface area (Å²) in [6.07, 6.45) is 0. The van der Waals surface area contributed by atoms with Gasteiger partial charge in [-0.3, -0.25) is 4.90 Å². The number of nitrogens with zero attached hydrogens (tertiary/aromatic N) is 1. The van der Waals surface area contributed by atoms with Crippen LogP contribution in [0.1, 0.15) is 15.3 Å². The van der Waals surface area contributed by atoms with Crippen molar-refractivity contribution in [1.82, 2.24) is 4.90 Å². The molecular formula is C16H17FN2S2. The quantitative estimate of drug-likeness (QED) is 0.763. The average molecular weight is 320 g/mol. The van der Waals surface area contributed by atoms with Crippen LogP contribution >= 0.6 is 22.7 Å². The van der Waals surface area contributed by atoms with E-state index in [1.165, 1.54) is 10.9 Å². The first-order valence-corrected chi connectivity index (χ1v) is 8.48. The van der Waals surface area contributed by atoms with Crippen molar-refractivity contribution in [3.8, 4) is 0 Å². The highest BCUT2D eigenvalue weighted by molar-refractivity contribution is 7.19. The van der Waals surface area contributed by atoms with Crippen LogP contribution in [0.25, 0.3) is 10.1 Å². The number of rotatable bonds is 5. The van der Waals surface area contributed by atoms with Crippen molar-refractivity contribution in [3.05, 3.63) is 56.8 Å². The zero-order chi connectivity index (χ0) is 14.8. The van der Waals surface area contributed by atoms with Crippen LogP contribution in [0.5, 0.6) is 0 Å². The standard InChI is InChI=1S/C16H17FN2S2/c1-19(9-11-4-3-7-20-11)10-12-15(8-18)21-14-6-2-5-13(17)16(12)14/h2-7H,8-10,18H2,1H3. The summed E-state index contributed by atoms with van der Waals surface area (Å²) in [4.78, 5) is 4.60. The van der Waals surface area contributed by atoms with Crippen molar-refractivity contribution < 1.29 is 4.39 Å². The van der Waals surface area contributed by atoms with Gasteiger partial charge in [-0.1, -0.05) is 12.1 Å². The molecule has 3 aromatic rings. The average Bonchev–Trinajstić information content (AvgIpc) is 3.07. The molecule has 5 heteroatoms. The Labute approximate surface area is 131 Å². The Balaban J connectivity index is 1.92. The van der Waals surface area contributed by atoms with Gasteiger partial charge in [0.05, 0.1) is 0 Å². The smallest absolute Gasteiger partial charge is 0.132 e. The van der Waals surface area contributed by atoms with Crippen LogP contribution in [0.3, 0.4) is 0 Å². The van der Waals surface area contributed by atoms with Crippen molar-refractivity contribution in [2.45, 2.75) is 19.6 Å². The largest absolute Gasteiger partial charge is 0.326 e. The summed E-state index contributed by atoms with van der Waals surface area (Å²) in [5, 5.41) is 2.81. The second-order valence-corrected chi connectivity index (χ2v) is 7.24. The highest BCUT2D eigenvalue weighted by Gasteiger charge is 2.16. The maximum absolute atomic E-state index is 14.2. The van der Waals surface area contributed by atoms with E-state index in [9.17, 15) is 4.39 Å². The highest BCUT2D eigenvalue weighted by Crippen LogP contribution is 2.34. The normalized spacial score (nSPS) is 11.6. The van der Waals surface area contributed by atoms with Crippen LogP contribution in [-0.2, 0) is 19.6 Å². The number of nitrogens with two attached hydrogens (primary N) is 1. The van der Waals surface area contributed by atoms with Gasteiger partial charge in [0.15, 0.2) is 0 Å². The molecule has 2 N–H and O–H groups in total. The maximum Gasteiger partial charge on any atom is 0.132 e. The second kappa shape index (κ2) is 6.23. The number of benzene rings is 1. The number of thiophene rings is 2. The third kappa shape index (κ3) is 3.01. The first kappa shape index (κ1) is 14.7. The fourth-order valence-electron chi connectivity index (χ4n) is 2.54. The Morgan fingerprint density at radius 2 is 2.05 bits per heavy atom. The van der Waals surface area contributed by atoms with Crippen molar-refractivity contribution in [1.29, 1.82) is 0 Å². The minimum atomic E-state index is -0.150. The zero-order valence-electron chi connectivity index (χ0n) is 11.8. The van der Waals surface area contributed by atoms with E-state index in [0.717, 1.165) is 27.1 Å². The molecule has 0 saturated carbocycles. The fourth-order valence-corrected chi connectivity index (χ4v) is 4.43. The molecule has 21 heavy (non-hydrogen) atoms. The summed E-state index contributed by atoms with van der Waals surface area (Å²) >= 11 is 3.34. The Morgan fingerprint density at radius 1 is 1.19 bits per heavy atom. The van der Waals surface area contributed by atoms with Gasteiger partial charge in [0.1, 0.15) is 5.82 Å². The van der Waals surface area contributed by atoms with Gasteiger partial charge in [0, 0.05) is 39.5 Å². The number of fused-ring (bicyclic) bond motifs is 1. The van der Waals surface area contributed by atoms with Gasteiger partial charge in [0.2, 0.25) is 0 Å². The molecule has 0 aliphatic carbocycles. The molecule has 0 saturated heterocycles. The Bertz CT molecular complexity index is 734. The maximum atomic E-state index is 14.2. The van der Waals surface area contributed by atoms with E-state index in [0.29, 0.717) is 13.1 Å². The van der Waals surface area contributed by atoms with Crippen LogP contribution in [0, 0.1) is 5.82 Å². The molecule has 0 atom stereocenters.